The molecule has 0 aromatic carbocycles. The maximum atomic E-state index is 11.2. The van der Waals surface area contributed by atoms with Crippen molar-refractivity contribution < 1.29 is 14.6 Å². The van der Waals surface area contributed by atoms with Gasteiger partial charge in [-0.15, -0.1) is 6.58 Å². The summed E-state index contributed by atoms with van der Waals surface area (Å²) in [5.41, 5.74) is 0. The molecule has 1 amide bonds. The van der Waals surface area contributed by atoms with Gasteiger partial charge in [-0.2, -0.15) is 0 Å². The van der Waals surface area contributed by atoms with E-state index < -0.39 is 6.10 Å². The molecule has 0 aliphatic carbocycles. The lowest BCUT2D eigenvalue weighted by molar-refractivity contribution is -0.130. The van der Waals surface area contributed by atoms with Crippen molar-refractivity contribution in [2.75, 3.05) is 27.3 Å². The summed E-state index contributed by atoms with van der Waals surface area (Å²) in [4.78, 5) is 12.6. The van der Waals surface area contributed by atoms with Crippen LogP contribution in [-0.4, -0.2) is 49.3 Å². The summed E-state index contributed by atoms with van der Waals surface area (Å²) in [6.45, 7) is 4.00. The number of hydrogen-bond donors (Lipinski definition) is 1. The molecule has 0 spiro atoms. The van der Waals surface area contributed by atoms with E-state index in [1.807, 2.05) is 0 Å². The average Bonchev–Trinajstić information content (AvgIpc) is 2.05. The fourth-order valence-corrected chi connectivity index (χ4v) is 0.942. The molecular formula is C9H17NO3. The Morgan fingerprint density at radius 2 is 2.38 bits per heavy atom. The first-order valence-electron chi connectivity index (χ1n) is 4.13. The second-order valence-electron chi connectivity index (χ2n) is 2.88. The van der Waals surface area contributed by atoms with Crippen molar-refractivity contribution >= 4 is 5.91 Å². The third kappa shape index (κ3) is 5.38. The quantitative estimate of drug-likeness (QED) is 0.597. The van der Waals surface area contributed by atoms with Gasteiger partial charge in [-0.25, -0.2) is 0 Å². The molecule has 0 radical (unpaired) electrons. The van der Waals surface area contributed by atoms with Gasteiger partial charge in [0.05, 0.1) is 12.7 Å². The Morgan fingerprint density at radius 3 is 2.85 bits per heavy atom. The van der Waals surface area contributed by atoms with Gasteiger partial charge >= 0.3 is 0 Å². The molecule has 0 fully saturated rings. The maximum absolute atomic E-state index is 11.2. The van der Waals surface area contributed by atoms with Crippen LogP contribution in [0.4, 0.5) is 0 Å². The number of aliphatic hydroxyl groups excluding tert-OH is 1. The fourth-order valence-electron chi connectivity index (χ4n) is 0.942. The lowest BCUT2D eigenvalue weighted by Crippen LogP contribution is -2.35. The van der Waals surface area contributed by atoms with Crippen molar-refractivity contribution in [1.82, 2.24) is 4.90 Å². The minimum absolute atomic E-state index is 0.0508. The molecule has 0 aromatic rings. The van der Waals surface area contributed by atoms with Gasteiger partial charge in [-0.3, -0.25) is 4.79 Å². The van der Waals surface area contributed by atoms with Crippen LogP contribution in [0.3, 0.4) is 0 Å². The number of ether oxygens (including phenoxy) is 1. The molecule has 0 saturated heterocycles. The maximum Gasteiger partial charge on any atom is 0.226 e. The Balaban J connectivity index is 3.77. The highest BCUT2D eigenvalue weighted by Crippen LogP contribution is 1.94. The van der Waals surface area contributed by atoms with Crippen molar-refractivity contribution in [2.45, 2.75) is 12.5 Å². The molecule has 13 heavy (non-hydrogen) atoms. The normalized spacial score (nSPS) is 12.2. The summed E-state index contributed by atoms with van der Waals surface area (Å²) in [5.74, 6) is -0.0508. The largest absolute Gasteiger partial charge is 0.389 e. The Hall–Kier alpha value is -0.870. The predicted octanol–water partition coefficient (Wildman–Crippen LogP) is 0.0282. The first kappa shape index (κ1) is 12.1. The Bertz CT molecular complexity index is 170. The smallest absolute Gasteiger partial charge is 0.226 e. The van der Waals surface area contributed by atoms with Crippen LogP contribution < -0.4 is 0 Å². The molecule has 0 saturated carbocycles. The molecule has 4 heteroatoms. The van der Waals surface area contributed by atoms with Crippen molar-refractivity contribution in [3.05, 3.63) is 12.7 Å². The molecule has 1 N–H and O–H groups in total. The molecule has 0 bridgehead atoms. The van der Waals surface area contributed by atoms with E-state index >= 15 is 0 Å². The van der Waals surface area contributed by atoms with Gasteiger partial charge in [-0.1, -0.05) is 6.08 Å². The predicted molar refractivity (Wildman–Crippen MR) is 50.3 cm³/mol. The van der Waals surface area contributed by atoms with E-state index in [9.17, 15) is 9.90 Å². The third-order valence-corrected chi connectivity index (χ3v) is 1.59. The van der Waals surface area contributed by atoms with E-state index in [-0.39, 0.29) is 12.5 Å². The second-order valence-corrected chi connectivity index (χ2v) is 2.88. The molecule has 0 aliphatic rings. The first-order chi connectivity index (χ1) is 6.11. The third-order valence-electron chi connectivity index (χ3n) is 1.59. The number of likely N-dealkylation sites (N-methyl/N-ethyl adjacent to an activating group) is 1. The van der Waals surface area contributed by atoms with Crippen LogP contribution >= 0.6 is 0 Å². The lowest BCUT2D eigenvalue weighted by Gasteiger charge is -2.19. The number of hydrogen-bond acceptors (Lipinski definition) is 3. The highest BCUT2D eigenvalue weighted by molar-refractivity contribution is 5.77. The number of aliphatic hydroxyl groups is 1. The van der Waals surface area contributed by atoms with E-state index in [0.29, 0.717) is 13.0 Å². The SMILES string of the molecule is C=CCC(=O)N(C)CC(O)COC. The topological polar surface area (TPSA) is 49.8 Å². The van der Waals surface area contributed by atoms with Gasteiger partial charge in [0.2, 0.25) is 5.91 Å². The molecular weight excluding hydrogens is 170 g/mol. The fraction of sp³-hybridized carbons (Fsp3) is 0.667. The zero-order valence-corrected chi connectivity index (χ0v) is 8.19. The van der Waals surface area contributed by atoms with Crippen molar-refractivity contribution in [2.24, 2.45) is 0 Å². The summed E-state index contributed by atoms with van der Waals surface area (Å²) >= 11 is 0. The van der Waals surface area contributed by atoms with Gasteiger partial charge in [0.25, 0.3) is 0 Å². The number of amides is 1. The number of nitrogens with zero attached hydrogens (tertiary/aromatic N) is 1. The summed E-state index contributed by atoms with van der Waals surface area (Å²) in [5, 5.41) is 9.29. The van der Waals surface area contributed by atoms with E-state index in [1.165, 1.54) is 12.0 Å². The van der Waals surface area contributed by atoms with Crippen LogP contribution in [0.2, 0.25) is 0 Å². The molecule has 76 valence electrons. The van der Waals surface area contributed by atoms with Crippen molar-refractivity contribution in [3.63, 3.8) is 0 Å². The van der Waals surface area contributed by atoms with Gasteiger partial charge in [0, 0.05) is 27.1 Å². The molecule has 0 heterocycles. The Labute approximate surface area is 78.8 Å². The zero-order chi connectivity index (χ0) is 10.3. The number of carbonyl (C=O) groups is 1. The molecule has 1 unspecified atom stereocenters. The van der Waals surface area contributed by atoms with Crippen LogP contribution in [0.5, 0.6) is 0 Å². The summed E-state index contributed by atoms with van der Waals surface area (Å²) in [6, 6.07) is 0. The second kappa shape index (κ2) is 6.62. The van der Waals surface area contributed by atoms with E-state index in [0.717, 1.165) is 0 Å². The highest BCUT2D eigenvalue weighted by Gasteiger charge is 2.11. The minimum atomic E-state index is -0.622. The van der Waals surface area contributed by atoms with Crippen LogP contribution in [0.25, 0.3) is 0 Å². The summed E-state index contributed by atoms with van der Waals surface area (Å²) in [7, 11) is 3.15. The van der Waals surface area contributed by atoms with Crippen LogP contribution in [0.1, 0.15) is 6.42 Å². The number of carbonyl (C=O) groups excluding carboxylic acids is 1. The molecule has 1 atom stereocenters. The van der Waals surface area contributed by atoms with Crippen molar-refractivity contribution in [3.8, 4) is 0 Å². The molecule has 0 rings (SSSR count). The minimum Gasteiger partial charge on any atom is -0.389 e. The van der Waals surface area contributed by atoms with Crippen LogP contribution in [-0.2, 0) is 9.53 Å². The van der Waals surface area contributed by atoms with E-state index in [1.54, 1.807) is 13.1 Å². The number of methoxy groups -OCH3 is 1. The van der Waals surface area contributed by atoms with Crippen LogP contribution in [0.15, 0.2) is 12.7 Å². The monoisotopic (exact) mass is 187 g/mol. The van der Waals surface area contributed by atoms with Gasteiger partial charge in [-0.05, 0) is 0 Å². The highest BCUT2D eigenvalue weighted by atomic mass is 16.5. The van der Waals surface area contributed by atoms with Crippen molar-refractivity contribution in [1.29, 1.82) is 0 Å². The van der Waals surface area contributed by atoms with E-state index in [4.69, 9.17) is 4.74 Å². The lowest BCUT2D eigenvalue weighted by atomic mass is 10.3. The molecule has 0 aliphatic heterocycles. The Morgan fingerprint density at radius 1 is 1.77 bits per heavy atom. The van der Waals surface area contributed by atoms with Gasteiger partial charge in [0.15, 0.2) is 0 Å². The zero-order valence-electron chi connectivity index (χ0n) is 8.19. The molecule has 0 aromatic heterocycles. The number of rotatable bonds is 6. The average molecular weight is 187 g/mol. The Kier molecular flexibility index (Phi) is 6.18. The summed E-state index contributed by atoms with van der Waals surface area (Å²) in [6.07, 6.45) is 1.22. The van der Waals surface area contributed by atoms with Crippen LogP contribution in [0, 0.1) is 0 Å². The summed E-state index contributed by atoms with van der Waals surface area (Å²) < 4.78 is 4.74. The molecule has 4 nitrogen and oxygen atoms in total. The van der Waals surface area contributed by atoms with E-state index in [2.05, 4.69) is 6.58 Å². The standard InChI is InChI=1S/C9H17NO3/c1-4-5-9(12)10(2)6-8(11)7-13-3/h4,8,11H,1,5-7H2,2-3H3. The first-order valence-corrected chi connectivity index (χ1v) is 4.13. The van der Waals surface area contributed by atoms with Gasteiger partial charge < -0.3 is 14.7 Å². The van der Waals surface area contributed by atoms with Gasteiger partial charge in [0.1, 0.15) is 0 Å².